The fraction of sp³-hybridized carbons (Fsp3) is 0.478. The molecule has 140 valence electrons. The van der Waals surface area contributed by atoms with E-state index in [0.29, 0.717) is 11.5 Å². The third-order valence-electron chi connectivity index (χ3n) is 5.56. The van der Waals surface area contributed by atoms with Crippen molar-refractivity contribution in [3.8, 4) is 5.75 Å². The van der Waals surface area contributed by atoms with Gasteiger partial charge in [-0.2, -0.15) is 4.39 Å². The van der Waals surface area contributed by atoms with E-state index < -0.39 is 11.6 Å². The van der Waals surface area contributed by atoms with Crippen LogP contribution in [-0.4, -0.2) is 0 Å². The Morgan fingerprint density at radius 1 is 0.923 bits per heavy atom. The van der Waals surface area contributed by atoms with E-state index in [1.807, 2.05) is 26.0 Å². The Kier molecular flexibility index (Phi) is 5.95. The molecule has 0 aliphatic heterocycles. The van der Waals surface area contributed by atoms with E-state index in [2.05, 4.69) is 19.1 Å². The molecule has 1 aliphatic rings. The standard InChI is InChI=1S/C23H28F2O/c1-15(2)20-12-13-21(23(25)22(20)24)26-14-17-6-10-19(11-7-17)18-8-4-16(3)5-9-18/h6-7,10-13,15-16,18H,4-5,8-9,14H2,1-3H3. The molecule has 0 bridgehead atoms. The Labute approximate surface area is 155 Å². The van der Waals surface area contributed by atoms with Crippen LogP contribution in [0.1, 0.15) is 75.0 Å². The average molecular weight is 358 g/mol. The third-order valence-corrected chi connectivity index (χ3v) is 5.56. The number of ether oxygens (including phenoxy) is 1. The van der Waals surface area contributed by atoms with Crippen LogP contribution >= 0.6 is 0 Å². The topological polar surface area (TPSA) is 9.23 Å². The summed E-state index contributed by atoms with van der Waals surface area (Å²) in [5, 5.41) is 0. The molecule has 2 aromatic carbocycles. The molecule has 0 heterocycles. The minimum absolute atomic E-state index is 0.0303. The summed E-state index contributed by atoms with van der Waals surface area (Å²) in [5.74, 6) is -0.304. The zero-order valence-corrected chi connectivity index (χ0v) is 15.9. The fourth-order valence-corrected chi connectivity index (χ4v) is 3.74. The Bertz CT molecular complexity index is 729. The summed E-state index contributed by atoms with van der Waals surface area (Å²) in [6, 6.07) is 11.5. The smallest absolute Gasteiger partial charge is 0.200 e. The second kappa shape index (κ2) is 8.20. The summed E-state index contributed by atoms with van der Waals surface area (Å²) in [6.07, 6.45) is 5.10. The largest absolute Gasteiger partial charge is 0.486 e. The lowest BCUT2D eigenvalue weighted by Crippen LogP contribution is -2.10. The first-order valence-corrected chi connectivity index (χ1v) is 9.65. The lowest BCUT2D eigenvalue weighted by Gasteiger charge is -2.26. The number of hydrogen-bond donors (Lipinski definition) is 0. The summed E-state index contributed by atoms with van der Waals surface area (Å²) in [6.45, 7) is 6.24. The van der Waals surface area contributed by atoms with E-state index in [1.165, 1.54) is 37.3 Å². The molecular formula is C23H28F2O. The van der Waals surface area contributed by atoms with Gasteiger partial charge in [-0.15, -0.1) is 0 Å². The van der Waals surface area contributed by atoms with Crippen LogP contribution in [-0.2, 0) is 6.61 Å². The molecule has 26 heavy (non-hydrogen) atoms. The number of hydrogen-bond acceptors (Lipinski definition) is 1. The second-order valence-electron chi connectivity index (χ2n) is 7.92. The maximum Gasteiger partial charge on any atom is 0.200 e. The molecule has 0 unspecified atom stereocenters. The molecular weight excluding hydrogens is 330 g/mol. The number of halogens is 2. The predicted octanol–water partition coefficient (Wildman–Crippen LogP) is 6.96. The van der Waals surface area contributed by atoms with E-state index in [1.54, 1.807) is 6.07 Å². The van der Waals surface area contributed by atoms with Crippen LogP contribution in [0.4, 0.5) is 8.78 Å². The fourth-order valence-electron chi connectivity index (χ4n) is 3.74. The van der Waals surface area contributed by atoms with Crippen molar-refractivity contribution in [2.75, 3.05) is 0 Å². The van der Waals surface area contributed by atoms with E-state index in [-0.39, 0.29) is 18.3 Å². The van der Waals surface area contributed by atoms with Gasteiger partial charge in [-0.1, -0.05) is 63.9 Å². The van der Waals surface area contributed by atoms with Crippen molar-refractivity contribution >= 4 is 0 Å². The monoisotopic (exact) mass is 358 g/mol. The minimum Gasteiger partial charge on any atom is -0.486 e. The summed E-state index contributed by atoms with van der Waals surface area (Å²) in [7, 11) is 0. The first kappa shape index (κ1) is 18.9. The molecule has 3 rings (SSSR count). The van der Waals surface area contributed by atoms with Gasteiger partial charge < -0.3 is 4.74 Å². The minimum atomic E-state index is -0.899. The van der Waals surface area contributed by atoms with Crippen LogP contribution in [0, 0.1) is 17.6 Å². The molecule has 0 spiro atoms. The van der Waals surface area contributed by atoms with Gasteiger partial charge in [0.05, 0.1) is 0 Å². The van der Waals surface area contributed by atoms with Crippen LogP contribution in [0.5, 0.6) is 5.75 Å². The molecule has 3 heteroatoms. The lowest BCUT2D eigenvalue weighted by atomic mass is 9.79. The van der Waals surface area contributed by atoms with E-state index >= 15 is 0 Å². The van der Waals surface area contributed by atoms with Gasteiger partial charge >= 0.3 is 0 Å². The summed E-state index contributed by atoms with van der Waals surface area (Å²) >= 11 is 0. The van der Waals surface area contributed by atoms with Gasteiger partial charge in [0.1, 0.15) is 6.61 Å². The Morgan fingerprint density at radius 3 is 2.19 bits per heavy atom. The molecule has 1 fully saturated rings. The van der Waals surface area contributed by atoms with Crippen molar-refractivity contribution in [1.29, 1.82) is 0 Å². The maximum absolute atomic E-state index is 14.2. The molecule has 1 aliphatic carbocycles. The maximum atomic E-state index is 14.2. The predicted molar refractivity (Wildman–Crippen MR) is 102 cm³/mol. The zero-order chi connectivity index (χ0) is 18.7. The van der Waals surface area contributed by atoms with Crippen molar-refractivity contribution < 1.29 is 13.5 Å². The Hall–Kier alpha value is -1.90. The molecule has 0 N–H and O–H groups in total. The molecule has 0 amide bonds. The number of rotatable bonds is 5. The normalized spacial score (nSPS) is 20.4. The SMILES string of the molecule is CC1CCC(c2ccc(COc3ccc(C(C)C)c(F)c3F)cc2)CC1. The summed E-state index contributed by atoms with van der Waals surface area (Å²) in [4.78, 5) is 0. The van der Waals surface area contributed by atoms with Gasteiger partial charge in [0.2, 0.25) is 5.82 Å². The van der Waals surface area contributed by atoms with Gasteiger partial charge in [-0.05, 0) is 53.4 Å². The highest BCUT2D eigenvalue weighted by molar-refractivity contribution is 5.33. The molecule has 0 radical (unpaired) electrons. The molecule has 0 atom stereocenters. The first-order chi connectivity index (χ1) is 12.5. The van der Waals surface area contributed by atoms with Crippen molar-refractivity contribution in [1.82, 2.24) is 0 Å². The van der Waals surface area contributed by atoms with Crippen molar-refractivity contribution in [3.63, 3.8) is 0 Å². The third kappa shape index (κ3) is 4.25. The summed E-state index contributed by atoms with van der Waals surface area (Å²) < 4.78 is 33.8. The van der Waals surface area contributed by atoms with Gasteiger partial charge in [0, 0.05) is 0 Å². The Morgan fingerprint density at radius 2 is 1.58 bits per heavy atom. The van der Waals surface area contributed by atoms with Crippen LogP contribution < -0.4 is 4.74 Å². The highest BCUT2D eigenvalue weighted by Crippen LogP contribution is 2.35. The van der Waals surface area contributed by atoms with Crippen molar-refractivity contribution in [2.45, 2.75) is 64.9 Å². The van der Waals surface area contributed by atoms with Crippen LogP contribution in [0.2, 0.25) is 0 Å². The molecule has 0 aromatic heterocycles. The molecule has 1 nitrogen and oxygen atoms in total. The average Bonchev–Trinajstić information content (AvgIpc) is 2.64. The highest BCUT2D eigenvalue weighted by Gasteiger charge is 2.20. The molecule has 2 aromatic rings. The van der Waals surface area contributed by atoms with Crippen molar-refractivity contribution in [3.05, 3.63) is 64.7 Å². The zero-order valence-electron chi connectivity index (χ0n) is 15.9. The van der Waals surface area contributed by atoms with Crippen molar-refractivity contribution in [2.24, 2.45) is 5.92 Å². The van der Waals surface area contributed by atoms with E-state index in [9.17, 15) is 8.78 Å². The van der Waals surface area contributed by atoms with E-state index in [0.717, 1.165) is 11.5 Å². The first-order valence-electron chi connectivity index (χ1n) is 9.65. The van der Waals surface area contributed by atoms with Gasteiger partial charge in [0.25, 0.3) is 0 Å². The summed E-state index contributed by atoms with van der Waals surface area (Å²) in [5.41, 5.74) is 2.71. The van der Waals surface area contributed by atoms with Crippen LogP contribution in [0.3, 0.4) is 0 Å². The van der Waals surface area contributed by atoms with Gasteiger partial charge in [-0.25, -0.2) is 4.39 Å². The quantitative estimate of drug-likeness (QED) is 0.561. The number of benzene rings is 2. The van der Waals surface area contributed by atoms with Gasteiger partial charge in [0.15, 0.2) is 11.6 Å². The van der Waals surface area contributed by atoms with Crippen LogP contribution in [0.15, 0.2) is 36.4 Å². The highest BCUT2D eigenvalue weighted by atomic mass is 19.2. The molecule has 1 saturated carbocycles. The lowest BCUT2D eigenvalue weighted by molar-refractivity contribution is 0.283. The van der Waals surface area contributed by atoms with Crippen LogP contribution in [0.25, 0.3) is 0 Å². The Balaban J connectivity index is 1.63. The molecule has 0 saturated heterocycles. The van der Waals surface area contributed by atoms with Gasteiger partial charge in [-0.3, -0.25) is 0 Å². The second-order valence-corrected chi connectivity index (χ2v) is 7.92. The van der Waals surface area contributed by atoms with E-state index in [4.69, 9.17) is 4.74 Å².